The summed E-state index contributed by atoms with van der Waals surface area (Å²) < 4.78 is 12.0. The largest absolute Gasteiger partial charge is 0.490 e. The number of nitrogens with zero attached hydrogens (tertiary/aromatic N) is 1. The average Bonchev–Trinajstić information content (AvgIpc) is 3.08. The molecule has 168 valence electrons. The zero-order chi connectivity index (χ0) is 23.4. The van der Waals surface area contributed by atoms with Crippen LogP contribution in [0.4, 0.5) is 5.69 Å². The third-order valence-corrected chi connectivity index (χ3v) is 6.75. The summed E-state index contributed by atoms with van der Waals surface area (Å²) in [5.74, 6) is 1.24. The summed E-state index contributed by atoms with van der Waals surface area (Å²) in [7, 11) is 0. The van der Waals surface area contributed by atoms with E-state index in [1.54, 1.807) is 23.1 Å². The van der Waals surface area contributed by atoms with Gasteiger partial charge < -0.3 is 9.47 Å². The van der Waals surface area contributed by atoms with Crippen molar-refractivity contribution in [2.24, 2.45) is 0 Å². The number of benzene rings is 3. The Morgan fingerprint density at radius 1 is 0.970 bits per heavy atom. The maximum Gasteiger partial charge on any atom is 0.270 e. The van der Waals surface area contributed by atoms with Crippen molar-refractivity contribution in [2.45, 2.75) is 13.8 Å². The Hall–Kier alpha value is -2.80. The minimum Gasteiger partial charge on any atom is -0.490 e. The third-order valence-electron chi connectivity index (χ3n) is 5.15. The number of hydrogen-bond acceptors (Lipinski definition) is 5. The Balaban J connectivity index is 1.37. The number of halogens is 1. The lowest BCUT2D eigenvalue weighted by atomic mass is 10.1. The van der Waals surface area contributed by atoms with E-state index < -0.39 is 0 Å². The second-order valence-electron chi connectivity index (χ2n) is 7.49. The zero-order valence-electron chi connectivity index (χ0n) is 18.2. The molecule has 0 unspecified atom stereocenters. The minimum atomic E-state index is -0.142. The van der Waals surface area contributed by atoms with E-state index in [2.05, 4.69) is 13.8 Å². The van der Waals surface area contributed by atoms with E-state index in [0.29, 0.717) is 33.2 Å². The molecule has 0 aromatic heterocycles. The van der Waals surface area contributed by atoms with Crippen molar-refractivity contribution in [3.63, 3.8) is 0 Å². The molecule has 0 aliphatic carbocycles. The van der Waals surface area contributed by atoms with Crippen LogP contribution in [0.25, 0.3) is 6.08 Å². The molecule has 1 heterocycles. The van der Waals surface area contributed by atoms with Gasteiger partial charge in [0, 0.05) is 0 Å². The van der Waals surface area contributed by atoms with Crippen LogP contribution < -0.4 is 14.4 Å². The highest BCUT2D eigenvalue weighted by atomic mass is 35.5. The summed E-state index contributed by atoms with van der Waals surface area (Å²) in [6.45, 7) is 4.89. The van der Waals surface area contributed by atoms with Crippen LogP contribution >= 0.6 is 35.6 Å². The molecule has 0 spiro atoms. The van der Waals surface area contributed by atoms with Crippen molar-refractivity contribution in [2.75, 3.05) is 18.1 Å². The first-order valence-electron chi connectivity index (χ1n) is 10.4. The molecular weight excluding hydrogens is 474 g/mol. The van der Waals surface area contributed by atoms with Gasteiger partial charge in [-0.25, -0.2) is 0 Å². The van der Waals surface area contributed by atoms with Crippen LogP contribution in [0, 0.1) is 13.8 Å². The van der Waals surface area contributed by atoms with Crippen LogP contribution in [0.2, 0.25) is 5.02 Å². The molecule has 4 nitrogen and oxygen atoms in total. The number of anilines is 1. The summed E-state index contributed by atoms with van der Waals surface area (Å²) >= 11 is 13.1. The van der Waals surface area contributed by atoms with Crippen molar-refractivity contribution in [3.05, 3.63) is 93.3 Å². The fraction of sp³-hybridized carbons (Fsp3) is 0.154. The lowest BCUT2D eigenvalue weighted by Crippen LogP contribution is -2.27. The van der Waals surface area contributed by atoms with Gasteiger partial charge in [-0.15, -0.1) is 0 Å². The van der Waals surface area contributed by atoms with E-state index >= 15 is 0 Å². The smallest absolute Gasteiger partial charge is 0.270 e. The second kappa shape index (κ2) is 10.4. The second-order valence-corrected chi connectivity index (χ2v) is 9.57. The molecule has 1 amide bonds. The van der Waals surface area contributed by atoms with Crippen LogP contribution in [-0.4, -0.2) is 23.4 Å². The SMILES string of the molecule is Cc1ccc(OCCOc2ccc(/C=C3\SC(=S)N(c4ccccc4)C3=O)cc2Cl)cc1C. The molecule has 33 heavy (non-hydrogen) atoms. The fourth-order valence-corrected chi connectivity index (χ4v) is 4.80. The van der Waals surface area contributed by atoms with Gasteiger partial charge in [0.15, 0.2) is 4.32 Å². The molecule has 0 N–H and O–H groups in total. The zero-order valence-corrected chi connectivity index (χ0v) is 20.6. The molecule has 0 saturated carbocycles. The van der Waals surface area contributed by atoms with Gasteiger partial charge in [-0.1, -0.05) is 65.9 Å². The van der Waals surface area contributed by atoms with Gasteiger partial charge in [0.05, 0.1) is 15.6 Å². The van der Waals surface area contributed by atoms with Crippen molar-refractivity contribution in [1.29, 1.82) is 0 Å². The molecule has 0 atom stereocenters. The Kier molecular flexibility index (Phi) is 7.38. The molecule has 1 saturated heterocycles. The van der Waals surface area contributed by atoms with Crippen LogP contribution in [0.5, 0.6) is 11.5 Å². The molecule has 7 heteroatoms. The first-order valence-corrected chi connectivity index (χ1v) is 12.0. The third kappa shape index (κ3) is 5.58. The van der Waals surface area contributed by atoms with E-state index in [1.165, 1.54) is 22.9 Å². The van der Waals surface area contributed by atoms with Gasteiger partial charge in [0.1, 0.15) is 24.7 Å². The van der Waals surface area contributed by atoms with Crippen LogP contribution in [0.1, 0.15) is 16.7 Å². The maximum absolute atomic E-state index is 12.9. The average molecular weight is 496 g/mol. The van der Waals surface area contributed by atoms with Gasteiger partial charge in [0.25, 0.3) is 5.91 Å². The van der Waals surface area contributed by atoms with Crippen LogP contribution in [-0.2, 0) is 4.79 Å². The van der Waals surface area contributed by atoms with E-state index in [4.69, 9.17) is 33.3 Å². The van der Waals surface area contributed by atoms with E-state index in [9.17, 15) is 4.79 Å². The van der Waals surface area contributed by atoms with E-state index in [-0.39, 0.29) is 5.91 Å². The molecule has 0 bridgehead atoms. The normalized spacial score (nSPS) is 14.8. The summed E-state index contributed by atoms with van der Waals surface area (Å²) in [6, 6.07) is 20.8. The number of ether oxygens (including phenoxy) is 2. The Morgan fingerprint density at radius 2 is 1.73 bits per heavy atom. The number of hydrogen-bond donors (Lipinski definition) is 0. The topological polar surface area (TPSA) is 38.8 Å². The highest BCUT2D eigenvalue weighted by Gasteiger charge is 2.33. The molecule has 4 rings (SSSR count). The van der Waals surface area contributed by atoms with Crippen LogP contribution in [0.3, 0.4) is 0 Å². The number of carbonyl (C=O) groups is 1. The number of carbonyl (C=O) groups excluding carboxylic acids is 1. The highest BCUT2D eigenvalue weighted by Crippen LogP contribution is 2.36. The summed E-state index contributed by atoms with van der Waals surface area (Å²) in [6.07, 6.45) is 1.79. The number of thioether (sulfide) groups is 1. The molecule has 3 aromatic rings. The van der Waals surface area contributed by atoms with Crippen molar-refractivity contribution in [1.82, 2.24) is 0 Å². The Morgan fingerprint density at radius 3 is 2.45 bits per heavy atom. The summed E-state index contributed by atoms with van der Waals surface area (Å²) in [5, 5.41) is 0.466. The number of rotatable bonds is 7. The van der Waals surface area contributed by atoms with Gasteiger partial charge in [-0.3, -0.25) is 9.69 Å². The lowest BCUT2D eigenvalue weighted by Gasteiger charge is -2.13. The van der Waals surface area contributed by atoms with Gasteiger partial charge in [-0.2, -0.15) is 0 Å². The van der Waals surface area contributed by atoms with E-state index in [0.717, 1.165) is 17.0 Å². The Bertz CT molecular complexity index is 1230. The molecule has 1 aliphatic heterocycles. The van der Waals surface area contributed by atoms with Crippen molar-refractivity contribution in [3.8, 4) is 11.5 Å². The lowest BCUT2D eigenvalue weighted by molar-refractivity contribution is -0.113. The predicted octanol–water partition coefficient (Wildman–Crippen LogP) is 6.82. The van der Waals surface area contributed by atoms with Gasteiger partial charge in [0.2, 0.25) is 0 Å². The first kappa shape index (κ1) is 23.4. The fourth-order valence-electron chi connectivity index (χ4n) is 3.26. The molecule has 0 radical (unpaired) electrons. The molecule has 1 aliphatic rings. The number of amides is 1. The van der Waals surface area contributed by atoms with Crippen LogP contribution in [0.15, 0.2) is 71.6 Å². The first-order chi connectivity index (χ1) is 15.9. The number of para-hydroxylation sites is 1. The van der Waals surface area contributed by atoms with Gasteiger partial charge >= 0.3 is 0 Å². The quantitative estimate of drug-likeness (QED) is 0.204. The summed E-state index contributed by atoms with van der Waals surface area (Å²) in [5.41, 5.74) is 3.97. The van der Waals surface area contributed by atoms with E-state index in [1.807, 2.05) is 54.6 Å². The van der Waals surface area contributed by atoms with Crippen molar-refractivity contribution < 1.29 is 14.3 Å². The molecule has 1 fully saturated rings. The predicted molar refractivity (Wildman–Crippen MR) is 140 cm³/mol. The Labute approximate surface area is 208 Å². The molecular formula is C26H22ClNO3S2. The monoisotopic (exact) mass is 495 g/mol. The summed E-state index contributed by atoms with van der Waals surface area (Å²) in [4.78, 5) is 15.0. The highest BCUT2D eigenvalue weighted by molar-refractivity contribution is 8.27. The maximum atomic E-state index is 12.9. The standard InChI is InChI=1S/C26H22ClNO3S2/c1-17-8-10-21(14-18(17)2)30-12-13-31-23-11-9-19(15-22(23)27)16-24-25(29)28(26(32)33-24)20-6-4-3-5-7-20/h3-11,14-16H,12-13H2,1-2H3/b24-16-. The van der Waals surface area contributed by atoms with Gasteiger partial charge in [-0.05, 0) is 73.0 Å². The molecule has 3 aromatic carbocycles. The van der Waals surface area contributed by atoms with Crippen molar-refractivity contribution >= 4 is 57.6 Å². The number of aryl methyl sites for hydroxylation is 2. The number of thiocarbonyl (C=S) groups is 1. The minimum absolute atomic E-state index is 0.142.